The van der Waals surface area contributed by atoms with E-state index in [1.54, 1.807) is 12.4 Å². The number of aromatic nitrogens is 3. The quantitative estimate of drug-likeness (QED) is 0.511. The first-order valence-electron chi connectivity index (χ1n) is 8.83. The summed E-state index contributed by atoms with van der Waals surface area (Å²) in [5.41, 5.74) is 5.18. The van der Waals surface area contributed by atoms with Crippen molar-refractivity contribution >= 4 is 0 Å². The first kappa shape index (κ1) is 17.1. The maximum Gasteiger partial charge on any atom is 0.151 e. The molecule has 5 nitrogen and oxygen atoms in total. The van der Waals surface area contributed by atoms with Gasteiger partial charge in [-0.2, -0.15) is 0 Å². The average Bonchev–Trinajstić information content (AvgIpc) is 3.18. The lowest BCUT2D eigenvalue weighted by molar-refractivity contribution is 0.267. The normalized spacial score (nSPS) is 11.0. The van der Waals surface area contributed by atoms with E-state index in [0.29, 0.717) is 6.54 Å². The molecule has 3 aromatic heterocycles. The lowest BCUT2D eigenvalue weighted by Crippen LogP contribution is -2.16. The first-order chi connectivity index (χ1) is 13.3. The molecule has 1 aromatic carbocycles. The Morgan fingerprint density at radius 3 is 2.52 bits per heavy atom. The minimum absolute atomic E-state index is 0.686. The van der Waals surface area contributed by atoms with Gasteiger partial charge in [0.2, 0.25) is 0 Å². The third kappa shape index (κ3) is 4.27. The smallest absolute Gasteiger partial charge is 0.151 e. The second kappa shape index (κ2) is 7.93. The van der Waals surface area contributed by atoms with Crippen LogP contribution in [0, 0.1) is 0 Å². The minimum Gasteiger partial charge on any atom is -0.359 e. The Hall–Kier alpha value is -3.31. The van der Waals surface area contributed by atoms with Crippen LogP contribution in [-0.2, 0) is 13.1 Å². The zero-order chi connectivity index (χ0) is 18.5. The Labute approximate surface area is 158 Å². The number of hydrogen-bond acceptors (Lipinski definition) is 5. The molecular formula is C22H20N4O. The predicted molar refractivity (Wildman–Crippen MR) is 105 cm³/mol. The van der Waals surface area contributed by atoms with Crippen LogP contribution in [0.5, 0.6) is 0 Å². The lowest BCUT2D eigenvalue weighted by atomic mass is 10.1. The molecule has 0 saturated heterocycles. The average molecular weight is 356 g/mol. The maximum absolute atomic E-state index is 5.50. The molecule has 0 radical (unpaired) electrons. The Morgan fingerprint density at radius 2 is 1.70 bits per heavy atom. The molecule has 0 spiro atoms. The van der Waals surface area contributed by atoms with E-state index in [9.17, 15) is 0 Å². The van der Waals surface area contributed by atoms with E-state index >= 15 is 0 Å². The molecule has 134 valence electrons. The highest BCUT2D eigenvalue weighted by atomic mass is 16.5. The standard InChI is InChI=1S/C22H20N4O/c1-26(16-20-14-22(25-27-20)18-8-11-23-12-9-18)15-17-5-4-6-19(13-17)21-7-2-3-10-24-21/h2-14H,15-16H2,1H3. The van der Waals surface area contributed by atoms with Gasteiger partial charge in [-0.05, 0) is 42.9 Å². The topological polar surface area (TPSA) is 55.1 Å². The van der Waals surface area contributed by atoms with Gasteiger partial charge < -0.3 is 4.52 Å². The fourth-order valence-corrected chi connectivity index (χ4v) is 3.04. The van der Waals surface area contributed by atoms with E-state index in [0.717, 1.165) is 34.8 Å². The van der Waals surface area contributed by atoms with E-state index in [2.05, 4.69) is 51.3 Å². The highest BCUT2D eigenvalue weighted by Gasteiger charge is 2.10. The van der Waals surface area contributed by atoms with Crippen LogP contribution in [0.2, 0.25) is 0 Å². The van der Waals surface area contributed by atoms with Gasteiger partial charge in [-0.25, -0.2) is 0 Å². The van der Waals surface area contributed by atoms with Crippen molar-refractivity contribution in [3.63, 3.8) is 0 Å². The van der Waals surface area contributed by atoms with Crippen LogP contribution in [0.4, 0.5) is 0 Å². The van der Waals surface area contributed by atoms with Crippen molar-refractivity contribution in [1.82, 2.24) is 20.0 Å². The monoisotopic (exact) mass is 356 g/mol. The zero-order valence-electron chi connectivity index (χ0n) is 15.1. The van der Waals surface area contributed by atoms with Crippen molar-refractivity contribution in [1.29, 1.82) is 0 Å². The van der Waals surface area contributed by atoms with E-state index in [1.807, 2.05) is 42.6 Å². The Morgan fingerprint density at radius 1 is 0.815 bits per heavy atom. The molecule has 0 N–H and O–H groups in total. The molecule has 4 rings (SSSR count). The third-order valence-corrected chi connectivity index (χ3v) is 4.30. The number of pyridine rings is 2. The van der Waals surface area contributed by atoms with E-state index in [4.69, 9.17) is 4.52 Å². The fraction of sp³-hybridized carbons (Fsp3) is 0.136. The highest BCUT2D eigenvalue weighted by molar-refractivity contribution is 5.59. The van der Waals surface area contributed by atoms with Crippen LogP contribution in [0.1, 0.15) is 11.3 Å². The molecule has 0 atom stereocenters. The van der Waals surface area contributed by atoms with Crippen LogP contribution in [0.3, 0.4) is 0 Å². The molecule has 0 fully saturated rings. The SMILES string of the molecule is CN(Cc1cccc(-c2ccccn2)c1)Cc1cc(-c2ccncc2)no1. The van der Waals surface area contributed by atoms with Crippen molar-refractivity contribution < 1.29 is 4.52 Å². The van der Waals surface area contributed by atoms with Crippen molar-refractivity contribution in [3.05, 3.63) is 90.6 Å². The number of hydrogen-bond donors (Lipinski definition) is 0. The van der Waals surface area contributed by atoms with Gasteiger partial charge in [-0.3, -0.25) is 14.9 Å². The van der Waals surface area contributed by atoms with Gasteiger partial charge in [-0.15, -0.1) is 0 Å². The zero-order valence-corrected chi connectivity index (χ0v) is 15.1. The third-order valence-electron chi connectivity index (χ3n) is 4.30. The van der Waals surface area contributed by atoms with Crippen LogP contribution in [-0.4, -0.2) is 27.1 Å². The summed E-state index contributed by atoms with van der Waals surface area (Å²) in [6, 6.07) is 20.3. The van der Waals surface area contributed by atoms with Gasteiger partial charge >= 0.3 is 0 Å². The van der Waals surface area contributed by atoms with Crippen LogP contribution >= 0.6 is 0 Å². The summed E-state index contributed by atoms with van der Waals surface area (Å²) in [7, 11) is 2.07. The number of benzene rings is 1. The van der Waals surface area contributed by atoms with Crippen molar-refractivity contribution in [2.24, 2.45) is 0 Å². The van der Waals surface area contributed by atoms with E-state index < -0.39 is 0 Å². The number of rotatable bonds is 6. The lowest BCUT2D eigenvalue weighted by Gasteiger charge is -2.15. The molecule has 0 unspecified atom stereocenters. The minimum atomic E-state index is 0.686. The first-order valence-corrected chi connectivity index (χ1v) is 8.83. The van der Waals surface area contributed by atoms with Gasteiger partial charge in [0, 0.05) is 42.3 Å². The summed E-state index contributed by atoms with van der Waals surface area (Å²) in [6.07, 6.45) is 5.33. The van der Waals surface area contributed by atoms with Gasteiger partial charge in [0.25, 0.3) is 0 Å². The van der Waals surface area contributed by atoms with Gasteiger partial charge in [-0.1, -0.05) is 29.4 Å². The van der Waals surface area contributed by atoms with Crippen LogP contribution < -0.4 is 0 Å². The Kier molecular flexibility index (Phi) is 5.03. The van der Waals surface area contributed by atoms with E-state index in [1.165, 1.54) is 5.56 Å². The summed E-state index contributed by atoms with van der Waals surface area (Å²) in [4.78, 5) is 10.7. The maximum atomic E-state index is 5.50. The molecule has 0 aliphatic rings. The summed E-state index contributed by atoms with van der Waals surface area (Å²) in [5.74, 6) is 0.838. The molecule has 3 heterocycles. The molecule has 0 aliphatic carbocycles. The summed E-state index contributed by atoms with van der Waals surface area (Å²) in [6.45, 7) is 1.50. The Bertz CT molecular complexity index is 999. The van der Waals surface area contributed by atoms with Gasteiger partial charge in [0.15, 0.2) is 5.76 Å². The molecule has 0 saturated carbocycles. The van der Waals surface area contributed by atoms with Gasteiger partial charge in [0.05, 0.1) is 12.2 Å². The van der Waals surface area contributed by atoms with Crippen molar-refractivity contribution in [3.8, 4) is 22.5 Å². The second-order valence-electron chi connectivity index (χ2n) is 6.50. The summed E-state index contributed by atoms with van der Waals surface area (Å²) < 4.78 is 5.50. The second-order valence-corrected chi connectivity index (χ2v) is 6.50. The predicted octanol–water partition coefficient (Wildman–Crippen LogP) is 4.43. The van der Waals surface area contributed by atoms with Crippen LogP contribution in [0.15, 0.2) is 83.8 Å². The number of nitrogens with zero attached hydrogens (tertiary/aromatic N) is 4. The van der Waals surface area contributed by atoms with E-state index in [-0.39, 0.29) is 0 Å². The molecule has 0 amide bonds. The molecule has 4 aromatic rings. The Balaban J connectivity index is 1.43. The molecule has 0 aliphatic heterocycles. The van der Waals surface area contributed by atoms with Crippen molar-refractivity contribution in [2.45, 2.75) is 13.1 Å². The molecule has 5 heteroatoms. The summed E-state index contributed by atoms with van der Waals surface area (Å²) in [5, 5.41) is 4.16. The largest absolute Gasteiger partial charge is 0.359 e. The highest BCUT2D eigenvalue weighted by Crippen LogP contribution is 2.21. The molecule has 27 heavy (non-hydrogen) atoms. The van der Waals surface area contributed by atoms with Crippen LogP contribution in [0.25, 0.3) is 22.5 Å². The molecular weight excluding hydrogens is 336 g/mol. The molecule has 0 bridgehead atoms. The van der Waals surface area contributed by atoms with Crippen molar-refractivity contribution in [2.75, 3.05) is 7.05 Å². The fourth-order valence-electron chi connectivity index (χ4n) is 3.04. The van der Waals surface area contributed by atoms with Gasteiger partial charge in [0.1, 0.15) is 5.69 Å². The summed E-state index contributed by atoms with van der Waals surface area (Å²) >= 11 is 0.